The molecule has 0 aromatic heterocycles. The van der Waals surface area contributed by atoms with Crippen LogP contribution in [0.15, 0.2) is 0 Å². The van der Waals surface area contributed by atoms with Gasteiger partial charge in [-0.2, -0.15) is 0 Å². The third-order valence-electron chi connectivity index (χ3n) is 0.838. The Bertz CT molecular complexity index is 159. The van der Waals surface area contributed by atoms with Crippen molar-refractivity contribution in [2.45, 2.75) is 19.1 Å². The number of carboxylic acids is 1. The molecule has 0 aromatic carbocycles. The minimum Gasteiger partial charge on any atom is -0.477 e. The van der Waals surface area contributed by atoms with Gasteiger partial charge in [-0.1, -0.05) is 0 Å². The van der Waals surface area contributed by atoms with Gasteiger partial charge >= 0.3 is 5.97 Å². The van der Waals surface area contributed by atoms with Gasteiger partial charge in [0.05, 0.1) is 6.42 Å². The molecule has 0 atom stereocenters. The highest BCUT2D eigenvalue weighted by Crippen LogP contribution is 2.05. The van der Waals surface area contributed by atoms with Crippen LogP contribution in [-0.4, -0.2) is 32.9 Å². The van der Waals surface area contributed by atoms with Gasteiger partial charge in [0.25, 0.3) is 5.79 Å². The van der Waals surface area contributed by atoms with Gasteiger partial charge in [-0.15, -0.1) is 0 Å². The van der Waals surface area contributed by atoms with E-state index in [9.17, 15) is 9.59 Å². The van der Waals surface area contributed by atoms with Crippen LogP contribution in [0.5, 0.6) is 0 Å². The molecule has 3 N–H and O–H groups in total. The number of ketones is 1. The molecule has 0 saturated heterocycles. The van der Waals surface area contributed by atoms with Crippen molar-refractivity contribution in [2.24, 2.45) is 0 Å². The zero-order valence-electron chi connectivity index (χ0n) is 5.37. The van der Waals surface area contributed by atoms with E-state index in [1.807, 2.05) is 0 Å². The highest BCUT2D eigenvalue weighted by Gasteiger charge is 2.34. The van der Waals surface area contributed by atoms with E-state index in [0.717, 1.165) is 6.92 Å². The number of aliphatic carboxylic acids is 1. The van der Waals surface area contributed by atoms with Gasteiger partial charge < -0.3 is 15.3 Å². The molecule has 0 heterocycles. The number of rotatable bonds is 3. The number of aliphatic hydroxyl groups is 2. The number of hydrogen-bond donors (Lipinski definition) is 3. The second-order valence-electron chi connectivity index (χ2n) is 2.00. The van der Waals surface area contributed by atoms with Crippen molar-refractivity contribution in [3.8, 4) is 0 Å². The lowest BCUT2D eigenvalue weighted by molar-refractivity contribution is -0.205. The number of carboxylic acid groups (broad SMARTS) is 1. The van der Waals surface area contributed by atoms with Crippen LogP contribution in [0.25, 0.3) is 0 Å². The molecule has 0 bridgehead atoms. The Kier molecular flexibility index (Phi) is 2.50. The summed E-state index contributed by atoms with van der Waals surface area (Å²) in [6.45, 7) is 1.07. The lowest BCUT2D eigenvalue weighted by atomic mass is 10.1. The zero-order chi connectivity index (χ0) is 8.36. The summed E-state index contributed by atoms with van der Waals surface area (Å²) in [6, 6.07) is 0. The van der Waals surface area contributed by atoms with Gasteiger partial charge in [0.1, 0.15) is 5.78 Å². The smallest absolute Gasteiger partial charge is 0.364 e. The molecule has 0 spiro atoms. The Hall–Kier alpha value is -0.940. The van der Waals surface area contributed by atoms with Crippen LogP contribution >= 0.6 is 0 Å². The van der Waals surface area contributed by atoms with Crippen molar-refractivity contribution in [3.05, 3.63) is 0 Å². The quantitative estimate of drug-likeness (QED) is 0.434. The molecule has 0 radical (unpaired) electrons. The average Bonchev–Trinajstić information content (AvgIpc) is 1.60. The SMILES string of the molecule is CC(=O)CC(O)(O)C(=O)O. The fourth-order valence-electron chi connectivity index (χ4n) is 0.423. The van der Waals surface area contributed by atoms with E-state index in [0.29, 0.717) is 0 Å². The van der Waals surface area contributed by atoms with Crippen LogP contribution in [0.3, 0.4) is 0 Å². The van der Waals surface area contributed by atoms with E-state index in [1.165, 1.54) is 0 Å². The minimum atomic E-state index is -2.91. The molecule has 0 saturated carbocycles. The van der Waals surface area contributed by atoms with Gasteiger partial charge in [-0.25, -0.2) is 4.79 Å². The summed E-state index contributed by atoms with van der Waals surface area (Å²) in [7, 11) is 0. The van der Waals surface area contributed by atoms with E-state index in [4.69, 9.17) is 15.3 Å². The summed E-state index contributed by atoms with van der Waals surface area (Å²) in [5, 5.41) is 25.0. The van der Waals surface area contributed by atoms with E-state index in [-0.39, 0.29) is 0 Å². The Morgan fingerprint density at radius 1 is 1.40 bits per heavy atom. The predicted octanol–water partition coefficient (Wildman–Crippen LogP) is -1.27. The van der Waals surface area contributed by atoms with Crippen LogP contribution < -0.4 is 0 Å². The largest absolute Gasteiger partial charge is 0.477 e. The highest BCUT2D eigenvalue weighted by atomic mass is 16.5. The summed E-state index contributed by atoms with van der Waals surface area (Å²) >= 11 is 0. The number of carbonyl (C=O) groups excluding carboxylic acids is 1. The maximum atomic E-state index is 10.2. The first kappa shape index (κ1) is 9.06. The van der Waals surface area contributed by atoms with Crippen molar-refractivity contribution < 1.29 is 24.9 Å². The number of hydrogen-bond acceptors (Lipinski definition) is 4. The monoisotopic (exact) mass is 148 g/mol. The van der Waals surface area contributed by atoms with E-state index >= 15 is 0 Å². The lowest BCUT2D eigenvalue weighted by Gasteiger charge is -2.13. The van der Waals surface area contributed by atoms with Crippen LogP contribution in [-0.2, 0) is 9.59 Å². The molecule has 0 rings (SSSR count). The van der Waals surface area contributed by atoms with Gasteiger partial charge in [0, 0.05) is 0 Å². The molecule has 58 valence electrons. The van der Waals surface area contributed by atoms with Crippen molar-refractivity contribution in [3.63, 3.8) is 0 Å². The van der Waals surface area contributed by atoms with Crippen molar-refractivity contribution in [2.75, 3.05) is 0 Å². The number of carbonyl (C=O) groups is 2. The normalized spacial score (nSPS) is 11.1. The first-order valence-corrected chi connectivity index (χ1v) is 2.54. The fraction of sp³-hybridized carbons (Fsp3) is 0.600. The molecule has 0 aromatic rings. The molecule has 5 nitrogen and oxygen atoms in total. The van der Waals surface area contributed by atoms with Crippen LogP contribution in [0, 0.1) is 0 Å². The lowest BCUT2D eigenvalue weighted by Crippen LogP contribution is -2.39. The molecule has 0 unspecified atom stereocenters. The standard InChI is InChI=1S/C5H8O5/c1-3(6)2-5(9,10)4(7)8/h9-10H,2H2,1H3,(H,7,8). The summed E-state index contributed by atoms with van der Waals surface area (Å²) in [4.78, 5) is 20.1. The Morgan fingerprint density at radius 2 is 1.80 bits per heavy atom. The first-order chi connectivity index (χ1) is 4.36. The molecule has 0 aliphatic heterocycles. The van der Waals surface area contributed by atoms with Crippen molar-refractivity contribution >= 4 is 11.8 Å². The summed E-state index contributed by atoms with van der Waals surface area (Å²) in [5.74, 6) is -5.32. The van der Waals surface area contributed by atoms with Gasteiger partial charge in [0.15, 0.2) is 0 Å². The number of Topliss-reactive ketones (excluding diaryl/α,β-unsaturated/α-hetero) is 1. The van der Waals surface area contributed by atoms with Crippen LogP contribution in [0.4, 0.5) is 0 Å². The molecule has 0 aliphatic rings. The second-order valence-corrected chi connectivity index (χ2v) is 2.00. The van der Waals surface area contributed by atoms with E-state index < -0.39 is 24.0 Å². The molecular formula is C5H8O5. The van der Waals surface area contributed by atoms with Gasteiger partial charge in [-0.05, 0) is 6.92 Å². The first-order valence-electron chi connectivity index (χ1n) is 2.54. The van der Waals surface area contributed by atoms with Crippen LogP contribution in [0.2, 0.25) is 0 Å². The van der Waals surface area contributed by atoms with Gasteiger partial charge in [-0.3, -0.25) is 4.79 Å². The van der Waals surface area contributed by atoms with Crippen LogP contribution in [0.1, 0.15) is 13.3 Å². The molecule has 0 amide bonds. The predicted molar refractivity (Wildman–Crippen MR) is 30.1 cm³/mol. The molecule has 0 aliphatic carbocycles. The topological polar surface area (TPSA) is 94.8 Å². The van der Waals surface area contributed by atoms with Gasteiger partial charge in [0.2, 0.25) is 0 Å². The molecular weight excluding hydrogens is 140 g/mol. The second kappa shape index (κ2) is 2.76. The third kappa shape index (κ3) is 2.56. The summed E-state index contributed by atoms with van der Waals surface area (Å²) < 4.78 is 0. The highest BCUT2D eigenvalue weighted by molar-refractivity contribution is 5.85. The third-order valence-corrected chi connectivity index (χ3v) is 0.838. The van der Waals surface area contributed by atoms with E-state index in [2.05, 4.69) is 0 Å². The Morgan fingerprint density at radius 3 is 1.90 bits per heavy atom. The Labute approximate surface area is 56.9 Å². The summed E-state index contributed by atoms with van der Waals surface area (Å²) in [6.07, 6.45) is -0.789. The molecule has 10 heavy (non-hydrogen) atoms. The fourth-order valence-corrected chi connectivity index (χ4v) is 0.423. The average molecular weight is 148 g/mol. The molecule has 0 fully saturated rings. The zero-order valence-corrected chi connectivity index (χ0v) is 5.37. The molecule has 5 heteroatoms. The van der Waals surface area contributed by atoms with Crippen molar-refractivity contribution in [1.82, 2.24) is 0 Å². The maximum absolute atomic E-state index is 10.2. The van der Waals surface area contributed by atoms with Crippen molar-refractivity contribution in [1.29, 1.82) is 0 Å². The summed E-state index contributed by atoms with van der Waals surface area (Å²) in [5.41, 5.74) is 0. The van der Waals surface area contributed by atoms with E-state index in [1.54, 1.807) is 0 Å². The maximum Gasteiger partial charge on any atom is 0.364 e. The minimum absolute atomic E-state index is 0.590. The Balaban J connectivity index is 4.13.